The van der Waals surface area contributed by atoms with Gasteiger partial charge in [-0.1, -0.05) is 23.4 Å². The summed E-state index contributed by atoms with van der Waals surface area (Å²) in [5, 5.41) is 15.2. The molecule has 3 aromatic rings. The molecule has 1 N–H and O–H groups in total. The van der Waals surface area contributed by atoms with Gasteiger partial charge in [0, 0.05) is 19.7 Å². The number of aryl methyl sites for hydroxylation is 1. The number of morpholine rings is 1. The number of ether oxygens (including phenoxy) is 2. The Morgan fingerprint density at radius 2 is 2.00 bits per heavy atom. The molecule has 6 rings (SSSR count). The fourth-order valence-corrected chi connectivity index (χ4v) is 7.12. The number of amidine groups is 1. The molecule has 0 amide bonds. The molecule has 3 atom stereocenters. The van der Waals surface area contributed by atoms with Gasteiger partial charge >= 0.3 is 7.60 Å². The molecule has 4 heterocycles. The Labute approximate surface area is 242 Å². The Bertz CT molecular complexity index is 1580. The monoisotopic (exact) mass is 598 g/mol. The lowest BCUT2D eigenvalue weighted by Gasteiger charge is -2.54. The Kier molecular flexibility index (Phi) is 7.34. The van der Waals surface area contributed by atoms with Gasteiger partial charge in [0.2, 0.25) is 5.84 Å². The number of halogens is 1. The molecule has 3 unspecified atom stereocenters. The van der Waals surface area contributed by atoms with Crippen molar-refractivity contribution in [3.8, 4) is 11.4 Å². The van der Waals surface area contributed by atoms with Crippen LogP contribution in [0.2, 0.25) is 0 Å². The van der Waals surface area contributed by atoms with Crippen LogP contribution < -0.4 is 4.74 Å². The van der Waals surface area contributed by atoms with E-state index in [2.05, 4.69) is 10.1 Å². The van der Waals surface area contributed by atoms with Crippen molar-refractivity contribution < 1.29 is 37.4 Å². The highest BCUT2D eigenvalue weighted by Crippen LogP contribution is 2.55. The molecule has 3 aliphatic rings. The molecule has 1 aromatic heterocycles. The van der Waals surface area contributed by atoms with E-state index in [1.54, 1.807) is 25.6 Å². The number of aromatic nitrogens is 2. The molecular formula is C29H32FN4O7P. The van der Waals surface area contributed by atoms with Gasteiger partial charge in [-0.15, -0.1) is 0 Å². The van der Waals surface area contributed by atoms with Crippen molar-refractivity contribution in [2.45, 2.75) is 24.5 Å². The van der Waals surface area contributed by atoms with E-state index >= 15 is 0 Å². The largest absolute Gasteiger partial charge is 0.495 e. The zero-order valence-corrected chi connectivity index (χ0v) is 24.4. The first-order chi connectivity index (χ1) is 20.2. The SMILES string of the molecule is COc1cc(C=C2OC3(CCP(=O)(OC)OC3)CN3C2=NOCC3(CO)c2ccc(F)cc2)ccc1-n1cnc(C)c1. The number of fused-ring (bicyclic) bond motifs is 1. The molecule has 222 valence electrons. The number of nitrogens with zero attached hydrogens (tertiary/aromatic N) is 4. The van der Waals surface area contributed by atoms with Crippen molar-refractivity contribution >= 4 is 19.5 Å². The van der Waals surface area contributed by atoms with Crippen LogP contribution in [0.3, 0.4) is 0 Å². The van der Waals surface area contributed by atoms with E-state index in [-0.39, 0.29) is 32.5 Å². The number of aliphatic hydroxyl groups excluding tert-OH is 1. The standard InChI is InChI=1S/C29H32FN4O7P/c1-20-14-33(19-31-20)24-9-4-21(12-25(24)37-2)13-26-27-32-39-18-29(16-35,22-5-7-23(30)8-6-22)34(27)15-28(41-26)10-11-42(36,38-3)40-17-28/h4-9,12-14,19,35H,10-11,15-18H2,1-3H3. The summed E-state index contributed by atoms with van der Waals surface area (Å²) in [7, 11) is -0.282. The molecule has 2 saturated heterocycles. The number of benzene rings is 2. The van der Waals surface area contributed by atoms with Crippen molar-refractivity contribution in [2.24, 2.45) is 5.16 Å². The minimum absolute atomic E-state index is 0.00669. The Morgan fingerprint density at radius 3 is 2.64 bits per heavy atom. The molecule has 0 aliphatic carbocycles. The van der Waals surface area contributed by atoms with E-state index in [9.17, 15) is 14.1 Å². The number of oxime groups is 1. The highest BCUT2D eigenvalue weighted by molar-refractivity contribution is 7.53. The van der Waals surface area contributed by atoms with Gasteiger partial charge in [-0.25, -0.2) is 9.37 Å². The van der Waals surface area contributed by atoms with Crippen molar-refractivity contribution in [3.63, 3.8) is 0 Å². The first kappa shape index (κ1) is 28.4. The molecule has 42 heavy (non-hydrogen) atoms. The number of rotatable bonds is 6. The maximum Gasteiger partial charge on any atom is 0.330 e. The van der Waals surface area contributed by atoms with Gasteiger partial charge in [0.05, 0.1) is 50.7 Å². The van der Waals surface area contributed by atoms with Gasteiger partial charge in [-0.05, 0) is 48.4 Å². The average Bonchev–Trinajstić information content (AvgIpc) is 3.45. The summed E-state index contributed by atoms with van der Waals surface area (Å²) in [6.07, 6.45) is 5.96. The van der Waals surface area contributed by atoms with Crippen LogP contribution in [-0.2, 0) is 28.7 Å². The van der Waals surface area contributed by atoms with Crippen LogP contribution in [0, 0.1) is 12.7 Å². The molecule has 0 saturated carbocycles. The smallest absolute Gasteiger partial charge is 0.330 e. The number of aliphatic hydroxyl groups is 1. The normalized spacial score (nSPS) is 28.2. The van der Waals surface area contributed by atoms with Crippen LogP contribution in [0.4, 0.5) is 4.39 Å². The van der Waals surface area contributed by atoms with Crippen LogP contribution >= 0.6 is 7.60 Å². The maximum atomic E-state index is 13.9. The molecule has 13 heteroatoms. The minimum Gasteiger partial charge on any atom is -0.495 e. The van der Waals surface area contributed by atoms with Gasteiger partial charge in [0.25, 0.3) is 0 Å². The second-order valence-electron chi connectivity index (χ2n) is 10.7. The fourth-order valence-electron chi connectivity index (χ4n) is 5.59. The number of hydrogen-bond donors (Lipinski definition) is 1. The van der Waals surface area contributed by atoms with E-state index in [0.29, 0.717) is 29.3 Å². The Hall–Kier alpha value is -3.70. The molecule has 2 fully saturated rings. The predicted molar refractivity (Wildman–Crippen MR) is 152 cm³/mol. The number of imidazole rings is 1. The fraction of sp³-hybridized carbons (Fsp3) is 0.379. The zero-order valence-electron chi connectivity index (χ0n) is 23.5. The maximum absolute atomic E-state index is 13.9. The summed E-state index contributed by atoms with van der Waals surface area (Å²) in [6.45, 7) is 1.83. The minimum atomic E-state index is -3.24. The summed E-state index contributed by atoms with van der Waals surface area (Å²) >= 11 is 0. The van der Waals surface area contributed by atoms with Gasteiger partial charge in [-0.3, -0.25) is 4.57 Å². The molecule has 3 aliphatic heterocycles. The Balaban J connectivity index is 1.44. The number of methoxy groups -OCH3 is 1. The van der Waals surface area contributed by atoms with Crippen LogP contribution in [0.25, 0.3) is 11.8 Å². The molecule has 1 spiro atoms. The molecular weight excluding hydrogens is 566 g/mol. The van der Waals surface area contributed by atoms with Crippen LogP contribution in [0.1, 0.15) is 23.2 Å². The van der Waals surface area contributed by atoms with Crippen molar-refractivity contribution in [1.29, 1.82) is 0 Å². The van der Waals surface area contributed by atoms with Gasteiger partial charge < -0.3 is 37.9 Å². The van der Waals surface area contributed by atoms with Crippen molar-refractivity contribution in [3.05, 3.63) is 83.4 Å². The predicted octanol–water partition coefficient (Wildman–Crippen LogP) is 4.23. The third kappa shape index (κ3) is 4.98. The molecule has 0 radical (unpaired) electrons. The van der Waals surface area contributed by atoms with Crippen LogP contribution in [-0.4, -0.2) is 77.7 Å². The van der Waals surface area contributed by atoms with E-state index in [1.165, 1.54) is 19.2 Å². The summed E-state index contributed by atoms with van der Waals surface area (Å²) in [4.78, 5) is 11.9. The third-order valence-electron chi connectivity index (χ3n) is 8.00. The van der Waals surface area contributed by atoms with Gasteiger partial charge in [0.15, 0.2) is 11.4 Å². The first-order valence-corrected chi connectivity index (χ1v) is 15.2. The lowest BCUT2D eigenvalue weighted by molar-refractivity contribution is -0.120. The van der Waals surface area contributed by atoms with Crippen molar-refractivity contribution in [1.82, 2.24) is 14.5 Å². The molecule has 11 nitrogen and oxygen atoms in total. The van der Waals surface area contributed by atoms with Crippen LogP contribution in [0.15, 0.2) is 65.9 Å². The third-order valence-corrected chi connectivity index (χ3v) is 9.85. The quantitative estimate of drug-likeness (QED) is 0.416. The summed E-state index contributed by atoms with van der Waals surface area (Å²) in [5.41, 5.74) is 1.06. The average molecular weight is 599 g/mol. The lowest BCUT2D eigenvalue weighted by Crippen LogP contribution is -2.66. The lowest BCUT2D eigenvalue weighted by atomic mass is 9.85. The second kappa shape index (κ2) is 10.9. The van der Waals surface area contributed by atoms with Crippen molar-refractivity contribution in [2.75, 3.05) is 46.7 Å². The molecule has 0 bridgehead atoms. The zero-order chi connectivity index (χ0) is 29.5. The van der Waals surface area contributed by atoms with Crippen LogP contribution in [0.5, 0.6) is 5.75 Å². The summed E-state index contributed by atoms with van der Waals surface area (Å²) in [6, 6.07) is 11.6. The highest BCUT2D eigenvalue weighted by Gasteiger charge is 2.55. The summed E-state index contributed by atoms with van der Waals surface area (Å²) in [5.74, 6) is 0.950. The van der Waals surface area contributed by atoms with E-state index in [1.807, 2.05) is 46.9 Å². The second-order valence-corrected chi connectivity index (χ2v) is 13.0. The van der Waals surface area contributed by atoms with E-state index in [0.717, 1.165) is 16.9 Å². The summed E-state index contributed by atoms with van der Waals surface area (Å²) < 4.78 is 51.9. The first-order valence-electron chi connectivity index (χ1n) is 13.5. The Morgan fingerprint density at radius 1 is 1.19 bits per heavy atom. The van der Waals surface area contributed by atoms with Gasteiger partial charge in [-0.2, -0.15) is 0 Å². The molecule has 2 aromatic carbocycles. The van der Waals surface area contributed by atoms with Gasteiger partial charge in [0.1, 0.15) is 23.7 Å². The van der Waals surface area contributed by atoms with E-state index < -0.39 is 24.6 Å². The number of hydrogen-bond acceptors (Lipinski definition) is 10. The topological polar surface area (TPSA) is 117 Å². The highest BCUT2D eigenvalue weighted by atomic mass is 31.2. The van der Waals surface area contributed by atoms with E-state index in [4.69, 9.17) is 23.4 Å².